The highest BCUT2D eigenvalue weighted by Gasteiger charge is 2.16. The molecule has 0 spiro atoms. The Labute approximate surface area is 190 Å². The lowest BCUT2D eigenvalue weighted by Crippen LogP contribution is -2.21. The molecule has 4 rings (SSSR count). The summed E-state index contributed by atoms with van der Waals surface area (Å²) in [6, 6.07) is 20.9. The minimum atomic E-state index is -0.477. The molecule has 0 atom stereocenters. The molecule has 170 valence electrons. The van der Waals surface area contributed by atoms with Crippen molar-refractivity contribution < 1.29 is 23.4 Å². The summed E-state index contributed by atoms with van der Waals surface area (Å²) in [7, 11) is 1.56. The fourth-order valence-electron chi connectivity index (χ4n) is 3.37. The molecule has 4 aromatic rings. The van der Waals surface area contributed by atoms with E-state index >= 15 is 0 Å². The lowest BCUT2D eigenvalue weighted by atomic mass is 10.2. The largest absolute Gasteiger partial charge is 0.489 e. The first kappa shape index (κ1) is 22.3. The number of methoxy groups -OCH3 is 1. The van der Waals surface area contributed by atoms with Crippen molar-refractivity contribution in [1.29, 1.82) is 0 Å². The van der Waals surface area contributed by atoms with Crippen LogP contribution in [0.4, 0.5) is 10.1 Å². The van der Waals surface area contributed by atoms with Crippen LogP contribution in [0.1, 0.15) is 5.82 Å². The summed E-state index contributed by atoms with van der Waals surface area (Å²) in [6.07, 6.45) is 0. The molecule has 3 aromatic carbocycles. The number of aromatic nitrogens is 2. The SMILES string of the molecule is COCCOc1ccc(F)cc1NC(=O)Cn1c(COc2ccccc2)nc2ccccc21. The van der Waals surface area contributed by atoms with Crippen molar-refractivity contribution >= 4 is 22.6 Å². The number of imidazole rings is 1. The number of hydrogen-bond acceptors (Lipinski definition) is 5. The first-order valence-electron chi connectivity index (χ1n) is 10.5. The highest BCUT2D eigenvalue weighted by molar-refractivity contribution is 5.93. The van der Waals surface area contributed by atoms with Crippen LogP contribution in [0.5, 0.6) is 11.5 Å². The average molecular weight is 449 g/mol. The molecule has 33 heavy (non-hydrogen) atoms. The molecule has 7 nitrogen and oxygen atoms in total. The highest BCUT2D eigenvalue weighted by atomic mass is 19.1. The number of ether oxygens (including phenoxy) is 3. The van der Waals surface area contributed by atoms with Gasteiger partial charge < -0.3 is 24.1 Å². The van der Waals surface area contributed by atoms with Gasteiger partial charge in [-0.25, -0.2) is 9.37 Å². The molecule has 1 N–H and O–H groups in total. The fourth-order valence-corrected chi connectivity index (χ4v) is 3.37. The summed E-state index contributed by atoms with van der Waals surface area (Å²) in [5.41, 5.74) is 1.81. The van der Waals surface area contributed by atoms with Crippen molar-refractivity contribution in [3.63, 3.8) is 0 Å². The molecule has 0 saturated heterocycles. The zero-order valence-corrected chi connectivity index (χ0v) is 18.2. The first-order valence-corrected chi connectivity index (χ1v) is 10.5. The van der Waals surface area contributed by atoms with E-state index in [0.717, 1.165) is 11.0 Å². The normalized spacial score (nSPS) is 10.8. The highest BCUT2D eigenvalue weighted by Crippen LogP contribution is 2.26. The molecule has 0 saturated carbocycles. The summed E-state index contributed by atoms with van der Waals surface area (Å²) in [6.45, 7) is 0.814. The van der Waals surface area contributed by atoms with Gasteiger partial charge >= 0.3 is 0 Å². The van der Waals surface area contributed by atoms with Gasteiger partial charge in [-0.15, -0.1) is 0 Å². The van der Waals surface area contributed by atoms with E-state index in [2.05, 4.69) is 10.3 Å². The van der Waals surface area contributed by atoms with Gasteiger partial charge in [-0.1, -0.05) is 30.3 Å². The molecule has 0 fully saturated rings. The van der Waals surface area contributed by atoms with Gasteiger partial charge in [-0.05, 0) is 36.4 Å². The van der Waals surface area contributed by atoms with Gasteiger partial charge in [0.1, 0.15) is 42.9 Å². The van der Waals surface area contributed by atoms with E-state index in [-0.39, 0.29) is 31.4 Å². The monoisotopic (exact) mass is 449 g/mol. The molecule has 0 unspecified atom stereocenters. The van der Waals surface area contributed by atoms with Crippen LogP contribution >= 0.6 is 0 Å². The third-order valence-electron chi connectivity index (χ3n) is 4.91. The van der Waals surface area contributed by atoms with Gasteiger partial charge in [0.15, 0.2) is 0 Å². The third kappa shape index (κ3) is 5.67. The summed E-state index contributed by atoms with van der Waals surface area (Å²) in [4.78, 5) is 17.6. The molecule has 8 heteroatoms. The number of rotatable bonds is 10. The topological polar surface area (TPSA) is 74.6 Å². The number of nitrogens with zero attached hydrogens (tertiary/aromatic N) is 2. The zero-order valence-electron chi connectivity index (χ0n) is 18.2. The van der Waals surface area contributed by atoms with Gasteiger partial charge in [0, 0.05) is 13.2 Å². The minimum absolute atomic E-state index is 0.0258. The number of carbonyl (C=O) groups is 1. The Balaban J connectivity index is 1.53. The first-order chi connectivity index (χ1) is 16.1. The smallest absolute Gasteiger partial charge is 0.244 e. The molecule has 1 aromatic heterocycles. The standard InChI is InChI=1S/C25H24FN3O4/c1-31-13-14-32-23-12-11-18(26)15-21(23)28-25(30)16-29-22-10-6-5-9-20(22)27-24(29)17-33-19-7-3-2-4-8-19/h2-12,15H,13-14,16-17H2,1H3,(H,28,30). The van der Waals surface area contributed by atoms with Crippen molar-refractivity contribution in [2.24, 2.45) is 0 Å². The van der Waals surface area contributed by atoms with Gasteiger partial charge in [-0.3, -0.25) is 4.79 Å². The number of amides is 1. The van der Waals surface area contributed by atoms with Crippen LogP contribution < -0.4 is 14.8 Å². The number of halogens is 1. The molecule has 0 aliphatic carbocycles. The van der Waals surface area contributed by atoms with Crippen molar-refractivity contribution in [2.45, 2.75) is 13.2 Å². The van der Waals surface area contributed by atoms with Crippen LogP contribution in [0, 0.1) is 5.82 Å². The van der Waals surface area contributed by atoms with Crippen LogP contribution in [0.3, 0.4) is 0 Å². The number of nitrogens with one attached hydrogen (secondary N) is 1. The molecule has 1 amide bonds. The van der Waals surface area contributed by atoms with E-state index in [0.29, 0.717) is 23.9 Å². The predicted molar refractivity (Wildman–Crippen MR) is 123 cm³/mol. The van der Waals surface area contributed by atoms with E-state index in [1.807, 2.05) is 54.6 Å². The lowest BCUT2D eigenvalue weighted by molar-refractivity contribution is -0.116. The molecular formula is C25H24FN3O4. The Morgan fingerprint density at radius 2 is 1.79 bits per heavy atom. The van der Waals surface area contributed by atoms with E-state index in [1.165, 1.54) is 18.2 Å². The molecule has 1 heterocycles. The summed E-state index contributed by atoms with van der Waals surface area (Å²) in [5.74, 6) is 0.852. The van der Waals surface area contributed by atoms with Gasteiger partial charge in [0.2, 0.25) is 5.91 Å². The molecular weight excluding hydrogens is 425 g/mol. The van der Waals surface area contributed by atoms with Gasteiger partial charge in [0.05, 0.1) is 23.3 Å². The number of carbonyl (C=O) groups excluding carboxylic acids is 1. The van der Waals surface area contributed by atoms with E-state index in [4.69, 9.17) is 14.2 Å². The maximum absolute atomic E-state index is 13.8. The Hall–Kier alpha value is -3.91. The molecule has 0 radical (unpaired) electrons. The maximum Gasteiger partial charge on any atom is 0.244 e. The Morgan fingerprint density at radius 3 is 2.61 bits per heavy atom. The minimum Gasteiger partial charge on any atom is -0.489 e. The summed E-state index contributed by atoms with van der Waals surface area (Å²) in [5, 5.41) is 2.75. The molecule has 0 aliphatic heterocycles. The van der Waals surface area contributed by atoms with Gasteiger partial charge in [0.25, 0.3) is 0 Å². The number of anilines is 1. The summed E-state index contributed by atoms with van der Waals surface area (Å²) < 4.78 is 32.1. The van der Waals surface area contributed by atoms with E-state index in [9.17, 15) is 9.18 Å². The second-order valence-electron chi connectivity index (χ2n) is 7.23. The second-order valence-corrected chi connectivity index (χ2v) is 7.23. The van der Waals surface area contributed by atoms with Crippen LogP contribution in [-0.2, 0) is 22.7 Å². The maximum atomic E-state index is 13.8. The fraction of sp³-hybridized carbons (Fsp3) is 0.200. The number of fused-ring (bicyclic) bond motifs is 1. The van der Waals surface area contributed by atoms with Crippen molar-refractivity contribution in [3.8, 4) is 11.5 Å². The third-order valence-corrected chi connectivity index (χ3v) is 4.91. The Kier molecular flexibility index (Phi) is 7.16. The Bertz CT molecular complexity index is 1230. The predicted octanol–water partition coefficient (Wildman–Crippen LogP) is 4.42. The zero-order chi connectivity index (χ0) is 23.0. The van der Waals surface area contributed by atoms with Crippen molar-refractivity contribution in [2.75, 3.05) is 25.6 Å². The molecule has 0 aliphatic rings. The van der Waals surface area contributed by atoms with Crippen LogP contribution in [0.25, 0.3) is 11.0 Å². The number of para-hydroxylation sites is 3. The van der Waals surface area contributed by atoms with E-state index in [1.54, 1.807) is 11.7 Å². The summed E-state index contributed by atoms with van der Waals surface area (Å²) >= 11 is 0. The number of hydrogen-bond donors (Lipinski definition) is 1. The van der Waals surface area contributed by atoms with Crippen molar-refractivity contribution in [3.05, 3.63) is 84.4 Å². The average Bonchev–Trinajstić information content (AvgIpc) is 3.17. The van der Waals surface area contributed by atoms with Crippen LogP contribution in [-0.4, -0.2) is 35.8 Å². The van der Waals surface area contributed by atoms with Gasteiger partial charge in [-0.2, -0.15) is 0 Å². The quantitative estimate of drug-likeness (QED) is 0.363. The second kappa shape index (κ2) is 10.6. The van der Waals surface area contributed by atoms with Crippen LogP contribution in [0.15, 0.2) is 72.8 Å². The lowest BCUT2D eigenvalue weighted by Gasteiger charge is -2.14. The molecule has 0 bridgehead atoms. The number of benzene rings is 3. The Morgan fingerprint density at radius 1 is 1.00 bits per heavy atom. The van der Waals surface area contributed by atoms with Crippen LogP contribution in [0.2, 0.25) is 0 Å². The van der Waals surface area contributed by atoms with E-state index < -0.39 is 5.82 Å². The van der Waals surface area contributed by atoms with Crippen molar-refractivity contribution in [1.82, 2.24) is 9.55 Å².